The Hall–Kier alpha value is -3.18. The molecule has 34 heavy (non-hydrogen) atoms. The molecule has 0 atom stereocenters. The zero-order chi connectivity index (χ0) is 23.1. The molecule has 2 aliphatic rings. The molecule has 0 unspecified atom stereocenters. The molecule has 0 aliphatic heterocycles. The normalized spacial score (nSPS) is 19.6. The van der Waals surface area contributed by atoms with E-state index >= 15 is 0 Å². The molecule has 0 bridgehead atoms. The highest BCUT2D eigenvalue weighted by atomic mass is 15.2. The van der Waals surface area contributed by atoms with Gasteiger partial charge in [0.2, 0.25) is 5.95 Å². The Kier molecular flexibility index (Phi) is 5.58. The minimum absolute atomic E-state index is 0.422. The fraction of sp³-hybridized carbons (Fsp3) is 0.379. The highest BCUT2D eigenvalue weighted by molar-refractivity contribution is 5.93. The van der Waals surface area contributed by atoms with E-state index in [9.17, 15) is 0 Å². The lowest BCUT2D eigenvalue weighted by atomic mass is 9.91. The van der Waals surface area contributed by atoms with Gasteiger partial charge in [0.1, 0.15) is 5.82 Å². The first kappa shape index (κ1) is 21.4. The molecule has 3 aromatic carbocycles. The van der Waals surface area contributed by atoms with E-state index in [1.807, 2.05) is 26.2 Å². The first-order valence-corrected chi connectivity index (χ1v) is 12.6. The lowest BCUT2D eigenvalue weighted by Crippen LogP contribution is -2.37. The molecule has 1 aromatic heterocycles. The van der Waals surface area contributed by atoms with E-state index in [4.69, 9.17) is 9.97 Å². The standard InChI is InChI=1S/C29H33N5/c1-34(2)28-25-7-3-4-9-26(25)32-29(33-28)31-23-16-14-22(15-17-23)30-18-21-13-12-20-11-10-19-6-5-8-24(21)27(19)20/h3-9,12-13,22-23,30H,10-11,14-18H2,1-2H3,(H,31,32,33)/t22-,23+. The predicted octanol–water partition coefficient (Wildman–Crippen LogP) is 5.46. The summed E-state index contributed by atoms with van der Waals surface area (Å²) in [5.74, 6) is 1.71. The number of aryl methyl sites for hydroxylation is 2. The third-order valence-electron chi connectivity index (χ3n) is 7.62. The maximum absolute atomic E-state index is 4.83. The zero-order valence-electron chi connectivity index (χ0n) is 20.1. The van der Waals surface area contributed by atoms with Crippen molar-refractivity contribution in [3.05, 3.63) is 71.3 Å². The van der Waals surface area contributed by atoms with Crippen molar-refractivity contribution in [3.8, 4) is 0 Å². The summed E-state index contributed by atoms with van der Waals surface area (Å²) < 4.78 is 0. The summed E-state index contributed by atoms with van der Waals surface area (Å²) in [5.41, 5.74) is 5.47. The van der Waals surface area contributed by atoms with Crippen LogP contribution in [0.5, 0.6) is 0 Å². The number of para-hydroxylation sites is 1. The van der Waals surface area contributed by atoms with Crippen LogP contribution in [-0.2, 0) is 19.4 Å². The van der Waals surface area contributed by atoms with Crippen molar-refractivity contribution in [1.82, 2.24) is 15.3 Å². The van der Waals surface area contributed by atoms with Gasteiger partial charge in [-0.1, -0.05) is 42.5 Å². The van der Waals surface area contributed by atoms with Crippen LogP contribution in [0.1, 0.15) is 42.4 Å². The van der Waals surface area contributed by atoms with Crippen LogP contribution in [-0.4, -0.2) is 36.1 Å². The highest BCUT2D eigenvalue weighted by Crippen LogP contribution is 2.33. The van der Waals surface area contributed by atoms with E-state index in [1.54, 1.807) is 0 Å². The summed E-state index contributed by atoms with van der Waals surface area (Å²) in [5, 5.41) is 11.5. The van der Waals surface area contributed by atoms with E-state index < -0.39 is 0 Å². The Morgan fingerprint density at radius 3 is 2.35 bits per heavy atom. The van der Waals surface area contributed by atoms with Crippen LogP contribution in [0.15, 0.2) is 54.6 Å². The number of nitrogens with zero attached hydrogens (tertiary/aromatic N) is 3. The van der Waals surface area contributed by atoms with Crippen LogP contribution < -0.4 is 15.5 Å². The maximum atomic E-state index is 4.83. The molecular weight excluding hydrogens is 418 g/mol. The van der Waals surface area contributed by atoms with Gasteiger partial charge in [-0.3, -0.25) is 0 Å². The van der Waals surface area contributed by atoms with Crippen LogP contribution in [0.4, 0.5) is 11.8 Å². The van der Waals surface area contributed by atoms with Crippen LogP contribution in [0, 0.1) is 0 Å². The Balaban J connectivity index is 1.09. The molecule has 4 aromatic rings. The lowest BCUT2D eigenvalue weighted by molar-refractivity contribution is 0.352. The first-order chi connectivity index (χ1) is 16.7. The minimum Gasteiger partial charge on any atom is -0.362 e. The number of anilines is 2. The van der Waals surface area contributed by atoms with E-state index in [-0.39, 0.29) is 0 Å². The number of nitrogens with one attached hydrogen (secondary N) is 2. The summed E-state index contributed by atoms with van der Waals surface area (Å²) in [6, 6.07) is 20.7. The second-order valence-corrected chi connectivity index (χ2v) is 10.1. The van der Waals surface area contributed by atoms with Crippen molar-refractivity contribution in [2.45, 2.75) is 57.2 Å². The van der Waals surface area contributed by atoms with Crippen LogP contribution in [0.3, 0.4) is 0 Å². The van der Waals surface area contributed by atoms with Crippen molar-refractivity contribution < 1.29 is 0 Å². The molecule has 5 nitrogen and oxygen atoms in total. The van der Waals surface area contributed by atoms with Crippen LogP contribution in [0.25, 0.3) is 21.7 Å². The molecule has 2 N–H and O–H groups in total. The lowest BCUT2D eigenvalue weighted by Gasteiger charge is -2.30. The molecule has 1 heterocycles. The average Bonchev–Trinajstić information content (AvgIpc) is 3.29. The molecule has 0 spiro atoms. The molecule has 174 valence electrons. The van der Waals surface area contributed by atoms with Gasteiger partial charge in [-0.2, -0.15) is 4.98 Å². The Labute approximate surface area is 201 Å². The number of hydrogen-bond acceptors (Lipinski definition) is 5. The first-order valence-electron chi connectivity index (χ1n) is 12.6. The fourth-order valence-corrected chi connectivity index (χ4v) is 5.81. The summed E-state index contributed by atoms with van der Waals surface area (Å²) >= 11 is 0. The smallest absolute Gasteiger partial charge is 0.225 e. The second-order valence-electron chi connectivity index (χ2n) is 10.1. The van der Waals surface area contributed by atoms with E-state index in [2.05, 4.69) is 58.0 Å². The van der Waals surface area contributed by atoms with E-state index in [0.717, 1.165) is 42.1 Å². The molecule has 0 saturated heterocycles. The monoisotopic (exact) mass is 451 g/mol. The summed E-state index contributed by atoms with van der Waals surface area (Å²) in [6.45, 7) is 0.947. The van der Waals surface area contributed by atoms with Crippen molar-refractivity contribution in [2.24, 2.45) is 0 Å². The maximum Gasteiger partial charge on any atom is 0.225 e. The Bertz CT molecular complexity index is 1330. The number of fused-ring (bicyclic) bond motifs is 1. The van der Waals surface area contributed by atoms with Gasteiger partial charge in [-0.15, -0.1) is 0 Å². The van der Waals surface area contributed by atoms with E-state index in [0.29, 0.717) is 12.1 Å². The van der Waals surface area contributed by atoms with Crippen molar-refractivity contribution in [2.75, 3.05) is 24.3 Å². The van der Waals surface area contributed by atoms with Gasteiger partial charge in [0.25, 0.3) is 0 Å². The van der Waals surface area contributed by atoms with Crippen molar-refractivity contribution in [1.29, 1.82) is 0 Å². The molecule has 1 saturated carbocycles. The average molecular weight is 452 g/mol. The van der Waals surface area contributed by atoms with Crippen molar-refractivity contribution in [3.63, 3.8) is 0 Å². The van der Waals surface area contributed by atoms with Gasteiger partial charge in [-0.05, 0) is 78.1 Å². The van der Waals surface area contributed by atoms with Gasteiger partial charge >= 0.3 is 0 Å². The molecule has 5 heteroatoms. The summed E-state index contributed by atoms with van der Waals surface area (Å²) in [6.07, 6.45) is 7.00. The third kappa shape index (κ3) is 3.98. The quantitative estimate of drug-likeness (QED) is 0.408. The van der Waals surface area contributed by atoms with Crippen LogP contribution in [0.2, 0.25) is 0 Å². The Morgan fingerprint density at radius 1 is 0.794 bits per heavy atom. The topological polar surface area (TPSA) is 53.1 Å². The number of aromatic nitrogens is 2. The predicted molar refractivity (Wildman–Crippen MR) is 142 cm³/mol. The molecule has 0 amide bonds. The summed E-state index contributed by atoms with van der Waals surface area (Å²) in [4.78, 5) is 11.7. The molecular formula is C29H33N5. The number of rotatable bonds is 6. The van der Waals surface area contributed by atoms with Gasteiger partial charge in [0.15, 0.2) is 0 Å². The fourth-order valence-electron chi connectivity index (χ4n) is 5.81. The summed E-state index contributed by atoms with van der Waals surface area (Å²) in [7, 11) is 4.08. The minimum atomic E-state index is 0.422. The molecule has 2 aliphatic carbocycles. The highest BCUT2D eigenvalue weighted by Gasteiger charge is 2.23. The van der Waals surface area contributed by atoms with Crippen LogP contribution >= 0.6 is 0 Å². The molecule has 6 rings (SSSR count). The molecule has 0 radical (unpaired) electrons. The van der Waals surface area contributed by atoms with E-state index in [1.165, 1.54) is 53.1 Å². The molecule has 1 fully saturated rings. The largest absolute Gasteiger partial charge is 0.362 e. The number of benzene rings is 3. The Morgan fingerprint density at radius 2 is 1.53 bits per heavy atom. The zero-order valence-corrected chi connectivity index (χ0v) is 20.1. The van der Waals surface area contributed by atoms with Crippen molar-refractivity contribution >= 4 is 33.4 Å². The third-order valence-corrected chi connectivity index (χ3v) is 7.62. The van der Waals surface area contributed by atoms with Gasteiger partial charge in [0.05, 0.1) is 5.52 Å². The SMILES string of the molecule is CN(C)c1nc(N[C@H]2CC[C@@H](NCc3ccc4c5c(cccc35)CC4)CC2)nc2ccccc12. The second kappa shape index (κ2) is 8.88. The van der Waals surface area contributed by atoms with Gasteiger partial charge < -0.3 is 15.5 Å². The van der Waals surface area contributed by atoms with Gasteiger partial charge in [0, 0.05) is 38.1 Å². The number of hydrogen-bond donors (Lipinski definition) is 2. The van der Waals surface area contributed by atoms with Gasteiger partial charge in [-0.25, -0.2) is 4.98 Å².